The van der Waals surface area contributed by atoms with E-state index in [-0.39, 0.29) is 18.0 Å². The predicted octanol–water partition coefficient (Wildman–Crippen LogP) is 2.02. The third kappa shape index (κ3) is 4.94. The highest BCUT2D eigenvalue weighted by Gasteiger charge is 2.13. The van der Waals surface area contributed by atoms with Crippen molar-refractivity contribution in [2.24, 2.45) is 0 Å². The van der Waals surface area contributed by atoms with Gasteiger partial charge in [0.2, 0.25) is 0 Å². The van der Waals surface area contributed by atoms with Crippen molar-refractivity contribution in [3.05, 3.63) is 64.2 Å². The van der Waals surface area contributed by atoms with Crippen molar-refractivity contribution < 1.29 is 22.3 Å². The van der Waals surface area contributed by atoms with Crippen LogP contribution >= 0.6 is 0 Å². The maximum atomic E-state index is 11.8. The van der Waals surface area contributed by atoms with E-state index in [4.69, 9.17) is 8.92 Å². The Labute approximate surface area is 133 Å². The fourth-order valence-electron chi connectivity index (χ4n) is 1.69. The molecule has 0 fully saturated rings. The first-order valence-electron chi connectivity index (χ1n) is 6.46. The molecule has 0 bridgehead atoms. The minimum Gasteiger partial charge on any atom is -0.497 e. The second-order valence-electron chi connectivity index (χ2n) is 4.46. The zero-order valence-corrected chi connectivity index (χ0v) is 12.9. The number of ether oxygens (including phenoxy) is 1. The molecule has 0 saturated carbocycles. The summed E-state index contributed by atoms with van der Waals surface area (Å²) in [4.78, 5) is 9.94. The minimum atomic E-state index is -4.03. The summed E-state index contributed by atoms with van der Waals surface area (Å²) in [6.45, 7) is 0.0410. The molecule has 2 aromatic carbocycles. The Bertz CT molecular complexity index is 772. The number of nitrogens with one attached hydrogen (secondary N) is 1. The zero-order chi connectivity index (χ0) is 16.9. The Morgan fingerprint density at radius 3 is 2.13 bits per heavy atom. The van der Waals surface area contributed by atoms with E-state index in [1.54, 1.807) is 24.3 Å². The molecule has 23 heavy (non-hydrogen) atoms. The van der Waals surface area contributed by atoms with Gasteiger partial charge in [0.15, 0.2) is 0 Å². The lowest BCUT2D eigenvalue weighted by atomic mass is 10.2. The van der Waals surface area contributed by atoms with Crippen LogP contribution in [0.4, 0.5) is 5.69 Å². The zero-order valence-electron chi connectivity index (χ0n) is 12.1. The van der Waals surface area contributed by atoms with E-state index in [1.807, 2.05) is 0 Å². The Kier molecular flexibility index (Phi) is 5.14. The van der Waals surface area contributed by atoms with Gasteiger partial charge in [0.25, 0.3) is 5.69 Å². The first-order valence-corrected chi connectivity index (χ1v) is 7.87. The molecular weight excluding hydrogens is 324 g/mol. The van der Waals surface area contributed by atoms with Crippen molar-refractivity contribution in [1.29, 1.82) is 0 Å². The highest BCUT2D eigenvalue weighted by atomic mass is 32.2. The van der Waals surface area contributed by atoms with Gasteiger partial charge in [0, 0.05) is 18.7 Å². The van der Waals surface area contributed by atoms with Gasteiger partial charge in [-0.1, -0.05) is 12.1 Å². The lowest BCUT2D eigenvalue weighted by Crippen LogP contribution is -2.27. The van der Waals surface area contributed by atoms with Crippen LogP contribution in [-0.4, -0.2) is 20.5 Å². The van der Waals surface area contributed by atoms with Gasteiger partial charge in [-0.05, 0) is 29.8 Å². The molecule has 0 unspecified atom stereocenters. The second kappa shape index (κ2) is 7.07. The van der Waals surface area contributed by atoms with Gasteiger partial charge in [0.05, 0.1) is 12.0 Å². The van der Waals surface area contributed by atoms with E-state index in [9.17, 15) is 18.5 Å². The van der Waals surface area contributed by atoms with Crippen LogP contribution in [0.25, 0.3) is 0 Å². The first-order chi connectivity index (χ1) is 10.9. The molecular formula is C14H14N2O6S. The van der Waals surface area contributed by atoms with Crippen molar-refractivity contribution in [3.63, 3.8) is 0 Å². The monoisotopic (exact) mass is 338 g/mol. The van der Waals surface area contributed by atoms with Crippen LogP contribution in [0.3, 0.4) is 0 Å². The summed E-state index contributed by atoms with van der Waals surface area (Å²) in [5, 5.41) is 10.5. The number of nitro benzene ring substituents is 1. The molecule has 0 aliphatic heterocycles. The Morgan fingerprint density at radius 1 is 1.04 bits per heavy atom. The van der Waals surface area contributed by atoms with Crippen LogP contribution in [-0.2, 0) is 16.8 Å². The molecule has 0 atom stereocenters. The van der Waals surface area contributed by atoms with E-state index in [2.05, 4.69) is 4.72 Å². The molecule has 9 heteroatoms. The average molecular weight is 338 g/mol. The summed E-state index contributed by atoms with van der Waals surface area (Å²) in [6, 6.07) is 11.6. The van der Waals surface area contributed by atoms with Crippen molar-refractivity contribution in [3.8, 4) is 11.5 Å². The van der Waals surface area contributed by atoms with E-state index in [0.29, 0.717) is 5.75 Å². The Morgan fingerprint density at radius 2 is 1.61 bits per heavy atom. The lowest BCUT2D eigenvalue weighted by Gasteiger charge is -2.08. The molecule has 2 aromatic rings. The number of hydrogen-bond donors (Lipinski definition) is 1. The van der Waals surface area contributed by atoms with Gasteiger partial charge in [0.1, 0.15) is 11.5 Å². The average Bonchev–Trinajstić information content (AvgIpc) is 2.53. The third-order valence-corrected chi connectivity index (χ3v) is 3.78. The van der Waals surface area contributed by atoms with Gasteiger partial charge in [-0.15, -0.1) is 0 Å². The maximum absolute atomic E-state index is 11.8. The fraction of sp³-hybridized carbons (Fsp3) is 0.143. The molecule has 0 aliphatic rings. The normalized spacial score (nSPS) is 11.0. The van der Waals surface area contributed by atoms with Crippen molar-refractivity contribution in [1.82, 2.24) is 4.72 Å². The van der Waals surface area contributed by atoms with E-state index >= 15 is 0 Å². The number of non-ortho nitro benzene ring substituents is 1. The summed E-state index contributed by atoms with van der Waals surface area (Å²) in [5.74, 6) is 0.650. The Balaban J connectivity index is 1.96. The van der Waals surface area contributed by atoms with E-state index in [0.717, 1.165) is 17.7 Å². The largest absolute Gasteiger partial charge is 0.497 e. The summed E-state index contributed by atoms with van der Waals surface area (Å²) >= 11 is 0. The van der Waals surface area contributed by atoms with Gasteiger partial charge in [-0.3, -0.25) is 10.1 Å². The topological polar surface area (TPSA) is 108 Å². The quantitative estimate of drug-likeness (QED) is 0.611. The summed E-state index contributed by atoms with van der Waals surface area (Å²) in [6.07, 6.45) is 0. The summed E-state index contributed by atoms with van der Waals surface area (Å²) in [7, 11) is -2.50. The lowest BCUT2D eigenvalue weighted by molar-refractivity contribution is -0.384. The van der Waals surface area contributed by atoms with Crippen LogP contribution in [0.1, 0.15) is 5.56 Å². The standard InChI is InChI=1S/C14H14N2O6S/c1-21-13-6-2-11(3-7-13)10-15-23(19,20)22-14-8-4-12(5-9-14)16(17)18/h2-9,15H,10H2,1H3. The first kappa shape index (κ1) is 16.7. The van der Waals surface area contributed by atoms with E-state index < -0.39 is 15.2 Å². The minimum absolute atomic E-state index is 0.0159. The van der Waals surface area contributed by atoms with Gasteiger partial charge in [-0.2, -0.15) is 13.1 Å². The molecule has 1 N–H and O–H groups in total. The molecule has 122 valence electrons. The highest BCUT2D eigenvalue weighted by Crippen LogP contribution is 2.18. The number of benzene rings is 2. The van der Waals surface area contributed by atoms with Gasteiger partial charge >= 0.3 is 10.3 Å². The number of rotatable bonds is 7. The molecule has 0 aliphatic carbocycles. The van der Waals surface area contributed by atoms with Crippen molar-refractivity contribution >= 4 is 16.0 Å². The SMILES string of the molecule is COc1ccc(CNS(=O)(=O)Oc2ccc([N+](=O)[O-])cc2)cc1. The predicted molar refractivity (Wildman–Crippen MR) is 82.5 cm³/mol. The maximum Gasteiger partial charge on any atom is 0.382 e. The van der Waals surface area contributed by atoms with Crippen LogP contribution in [0.15, 0.2) is 48.5 Å². The van der Waals surface area contributed by atoms with Crippen molar-refractivity contribution in [2.75, 3.05) is 7.11 Å². The second-order valence-corrected chi connectivity index (χ2v) is 5.82. The van der Waals surface area contributed by atoms with Gasteiger partial charge < -0.3 is 8.92 Å². The third-order valence-electron chi connectivity index (χ3n) is 2.87. The molecule has 0 spiro atoms. The molecule has 2 rings (SSSR count). The molecule has 0 heterocycles. The number of hydrogen-bond acceptors (Lipinski definition) is 6. The summed E-state index contributed by atoms with van der Waals surface area (Å²) < 4.78 is 35.7. The summed E-state index contributed by atoms with van der Waals surface area (Å²) in [5.41, 5.74) is 0.572. The molecule has 0 amide bonds. The molecule has 8 nitrogen and oxygen atoms in total. The van der Waals surface area contributed by atoms with Gasteiger partial charge in [-0.25, -0.2) is 0 Å². The van der Waals surface area contributed by atoms with E-state index in [1.165, 1.54) is 19.2 Å². The number of nitro groups is 1. The van der Waals surface area contributed by atoms with Crippen LogP contribution in [0.5, 0.6) is 11.5 Å². The number of methoxy groups -OCH3 is 1. The highest BCUT2D eigenvalue weighted by molar-refractivity contribution is 7.85. The smallest absolute Gasteiger partial charge is 0.382 e. The van der Waals surface area contributed by atoms with Crippen LogP contribution < -0.4 is 13.6 Å². The molecule has 0 radical (unpaired) electrons. The molecule has 0 aromatic heterocycles. The van der Waals surface area contributed by atoms with Crippen molar-refractivity contribution in [2.45, 2.75) is 6.54 Å². The fourth-order valence-corrected chi connectivity index (χ4v) is 2.46. The molecule has 0 saturated heterocycles. The Hall–Kier alpha value is -2.65. The number of nitrogens with zero attached hydrogens (tertiary/aromatic N) is 1. The van der Waals surface area contributed by atoms with Crippen LogP contribution in [0, 0.1) is 10.1 Å². The van der Waals surface area contributed by atoms with Crippen LogP contribution in [0.2, 0.25) is 0 Å².